The molecule has 2 heterocycles. The van der Waals surface area contributed by atoms with Crippen LogP contribution >= 0.6 is 0 Å². The number of carbonyl (C=O) groups is 1. The van der Waals surface area contributed by atoms with E-state index in [4.69, 9.17) is 9.15 Å². The summed E-state index contributed by atoms with van der Waals surface area (Å²) in [4.78, 5) is 16.1. The molecule has 0 unspecified atom stereocenters. The number of carboxylic acids is 1. The number of hydrogen-bond acceptors (Lipinski definition) is 4. The van der Waals surface area contributed by atoms with Gasteiger partial charge in [-0.15, -0.1) is 0 Å². The van der Waals surface area contributed by atoms with E-state index >= 15 is 0 Å². The summed E-state index contributed by atoms with van der Waals surface area (Å²) in [6.45, 7) is 4.22. The Morgan fingerprint density at radius 3 is 2.61 bits per heavy atom. The van der Waals surface area contributed by atoms with Gasteiger partial charge >= 0.3 is 5.97 Å². The Labute approximate surface area is 180 Å². The Morgan fingerprint density at radius 1 is 1.10 bits per heavy atom. The van der Waals surface area contributed by atoms with Gasteiger partial charge in [-0.3, -0.25) is 0 Å². The molecule has 0 radical (unpaired) electrons. The molecule has 2 aromatic heterocycles. The number of benzene rings is 2. The van der Waals surface area contributed by atoms with Gasteiger partial charge in [0.1, 0.15) is 11.5 Å². The van der Waals surface area contributed by atoms with Crippen LogP contribution in [0.3, 0.4) is 0 Å². The van der Waals surface area contributed by atoms with Gasteiger partial charge in [0.15, 0.2) is 5.89 Å². The molecule has 4 aromatic rings. The van der Waals surface area contributed by atoms with Crippen LogP contribution in [0.4, 0.5) is 0 Å². The van der Waals surface area contributed by atoms with Gasteiger partial charge in [0.2, 0.25) is 0 Å². The Bertz CT molecular complexity index is 1190. The fourth-order valence-corrected chi connectivity index (χ4v) is 3.61. The van der Waals surface area contributed by atoms with Crippen molar-refractivity contribution in [2.45, 2.75) is 26.7 Å². The van der Waals surface area contributed by atoms with Crippen molar-refractivity contribution >= 4 is 5.97 Å². The summed E-state index contributed by atoms with van der Waals surface area (Å²) in [6.07, 6.45) is 4.70. The molecule has 0 atom stereocenters. The molecule has 0 aliphatic rings. The molecule has 0 aliphatic heterocycles. The zero-order valence-corrected chi connectivity index (χ0v) is 17.5. The molecule has 1 N–H and O–H groups in total. The first-order chi connectivity index (χ1) is 15.0. The first-order valence-corrected chi connectivity index (χ1v) is 10.1. The van der Waals surface area contributed by atoms with Gasteiger partial charge in [-0.1, -0.05) is 30.3 Å². The Hall–Kier alpha value is -3.80. The molecule has 0 aliphatic carbocycles. The highest BCUT2D eigenvalue weighted by molar-refractivity contribution is 5.89. The van der Waals surface area contributed by atoms with Crippen LogP contribution in [0.15, 0.2) is 71.4 Å². The second-order valence-corrected chi connectivity index (χ2v) is 7.40. The van der Waals surface area contributed by atoms with E-state index in [0.29, 0.717) is 30.9 Å². The van der Waals surface area contributed by atoms with Gasteiger partial charge in [-0.2, -0.15) is 0 Å². The predicted molar refractivity (Wildman–Crippen MR) is 117 cm³/mol. The Morgan fingerprint density at radius 2 is 1.90 bits per heavy atom. The minimum atomic E-state index is -0.935. The first kappa shape index (κ1) is 20.5. The second kappa shape index (κ2) is 8.92. The highest BCUT2D eigenvalue weighted by atomic mass is 16.5. The molecule has 0 saturated heterocycles. The monoisotopic (exact) mass is 416 g/mol. The van der Waals surface area contributed by atoms with Crippen molar-refractivity contribution in [3.63, 3.8) is 0 Å². The second-order valence-electron chi connectivity index (χ2n) is 7.40. The van der Waals surface area contributed by atoms with E-state index in [1.807, 2.05) is 79.2 Å². The van der Waals surface area contributed by atoms with E-state index in [9.17, 15) is 9.90 Å². The highest BCUT2D eigenvalue weighted by Crippen LogP contribution is 2.22. The van der Waals surface area contributed by atoms with Crippen LogP contribution in [-0.2, 0) is 12.8 Å². The lowest BCUT2D eigenvalue weighted by Crippen LogP contribution is -2.03. The van der Waals surface area contributed by atoms with Gasteiger partial charge in [-0.05, 0) is 48.7 Å². The summed E-state index contributed by atoms with van der Waals surface area (Å²) < 4.78 is 13.2. The van der Waals surface area contributed by atoms with Crippen molar-refractivity contribution in [3.8, 4) is 11.4 Å². The average molecular weight is 416 g/mol. The van der Waals surface area contributed by atoms with E-state index in [1.165, 1.54) is 0 Å². The van der Waals surface area contributed by atoms with Crippen LogP contribution in [0, 0.1) is 13.8 Å². The molecule has 0 bridgehead atoms. The largest absolute Gasteiger partial charge is 0.493 e. The third-order valence-corrected chi connectivity index (χ3v) is 5.09. The van der Waals surface area contributed by atoms with Crippen LogP contribution in [0.1, 0.15) is 38.8 Å². The molecule has 31 heavy (non-hydrogen) atoms. The van der Waals surface area contributed by atoms with E-state index in [0.717, 1.165) is 34.0 Å². The van der Waals surface area contributed by atoms with Crippen molar-refractivity contribution in [2.75, 3.05) is 6.61 Å². The minimum absolute atomic E-state index is 0.298. The number of aromatic carboxylic acids is 1. The zero-order chi connectivity index (χ0) is 21.8. The Balaban J connectivity index is 1.47. The van der Waals surface area contributed by atoms with Crippen molar-refractivity contribution in [1.82, 2.24) is 9.55 Å². The van der Waals surface area contributed by atoms with Crippen LogP contribution < -0.4 is 4.74 Å². The molecule has 0 spiro atoms. The van der Waals surface area contributed by atoms with E-state index in [1.54, 1.807) is 6.20 Å². The maximum Gasteiger partial charge on any atom is 0.337 e. The van der Waals surface area contributed by atoms with Crippen LogP contribution in [0.25, 0.3) is 5.69 Å². The number of carboxylic acid groups (broad SMARTS) is 1. The van der Waals surface area contributed by atoms with Gasteiger partial charge in [0, 0.05) is 31.4 Å². The topological polar surface area (TPSA) is 77.5 Å². The number of hydrogen-bond donors (Lipinski definition) is 1. The lowest BCUT2D eigenvalue weighted by molar-refractivity contribution is 0.0696. The number of rotatable bonds is 8. The summed E-state index contributed by atoms with van der Waals surface area (Å²) in [5, 5.41) is 9.66. The number of nitrogens with zero attached hydrogens (tertiary/aromatic N) is 2. The lowest BCUT2D eigenvalue weighted by atomic mass is 10.0. The van der Waals surface area contributed by atoms with Crippen LogP contribution in [0.5, 0.6) is 5.75 Å². The maximum atomic E-state index is 11.8. The first-order valence-electron chi connectivity index (χ1n) is 10.1. The standard InChI is InChI=1S/C25H24N2O4/c1-17-24(26-18(2)31-17)11-12-30-22-10-6-7-19(14-22)13-20-15-27(16-23(20)25(28)29)21-8-4-3-5-9-21/h3-10,14-16H,11-13H2,1-2H3,(H,28,29). The molecule has 2 aromatic carbocycles. The van der Waals surface area contributed by atoms with Crippen LogP contribution in [0.2, 0.25) is 0 Å². The van der Waals surface area contributed by atoms with Gasteiger partial charge in [0.25, 0.3) is 0 Å². The van der Waals surface area contributed by atoms with Crippen LogP contribution in [-0.4, -0.2) is 27.2 Å². The number of para-hydroxylation sites is 1. The summed E-state index contributed by atoms with van der Waals surface area (Å²) in [6, 6.07) is 17.4. The number of oxazole rings is 1. The molecular formula is C25H24N2O4. The summed E-state index contributed by atoms with van der Waals surface area (Å²) >= 11 is 0. The fourth-order valence-electron chi connectivity index (χ4n) is 3.61. The summed E-state index contributed by atoms with van der Waals surface area (Å²) in [7, 11) is 0. The van der Waals surface area contributed by atoms with E-state index in [-0.39, 0.29) is 0 Å². The maximum absolute atomic E-state index is 11.8. The quantitative estimate of drug-likeness (QED) is 0.438. The zero-order valence-electron chi connectivity index (χ0n) is 17.5. The summed E-state index contributed by atoms with van der Waals surface area (Å²) in [5.74, 6) is 1.29. The fraction of sp³-hybridized carbons (Fsp3) is 0.200. The lowest BCUT2D eigenvalue weighted by Gasteiger charge is -2.08. The SMILES string of the molecule is Cc1nc(CCOc2cccc(Cc3cn(-c4ccccc4)cc3C(=O)O)c2)c(C)o1. The molecule has 4 rings (SSSR count). The molecule has 0 fully saturated rings. The van der Waals surface area contributed by atoms with Crippen molar-refractivity contribution in [3.05, 3.63) is 101 Å². The van der Waals surface area contributed by atoms with E-state index < -0.39 is 5.97 Å². The van der Waals surface area contributed by atoms with Crippen molar-refractivity contribution < 1.29 is 19.1 Å². The summed E-state index contributed by atoms with van der Waals surface area (Å²) in [5.41, 5.74) is 3.86. The van der Waals surface area contributed by atoms with Crippen molar-refractivity contribution in [2.24, 2.45) is 0 Å². The number of ether oxygens (including phenoxy) is 1. The third kappa shape index (κ3) is 4.86. The molecule has 6 heteroatoms. The molecular weight excluding hydrogens is 392 g/mol. The third-order valence-electron chi connectivity index (χ3n) is 5.09. The number of aromatic nitrogens is 2. The normalized spacial score (nSPS) is 10.9. The number of aryl methyl sites for hydroxylation is 2. The highest BCUT2D eigenvalue weighted by Gasteiger charge is 2.15. The van der Waals surface area contributed by atoms with Gasteiger partial charge < -0.3 is 18.8 Å². The van der Waals surface area contributed by atoms with Gasteiger partial charge in [0.05, 0.1) is 17.9 Å². The molecule has 0 saturated carbocycles. The predicted octanol–water partition coefficient (Wildman–Crippen LogP) is 4.99. The molecule has 158 valence electrons. The molecule has 0 amide bonds. The average Bonchev–Trinajstić information content (AvgIpc) is 3.32. The van der Waals surface area contributed by atoms with E-state index in [2.05, 4.69) is 4.98 Å². The minimum Gasteiger partial charge on any atom is -0.493 e. The van der Waals surface area contributed by atoms with Crippen molar-refractivity contribution in [1.29, 1.82) is 0 Å². The Kier molecular flexibility index (Phi) is 5.89. The smallest absolute Gasteiger partial charge is 0.337 e. The molecule has 6 nitrogen and oxygen atoms in total. The van der Waals surface area contributed by atoms with Gasteiger partial charge in [-0.25, -0.2) is 9.78 Å².